The van der Waals surface area contributed by atoms with Crippen molar-refractivity contribution in [3.05, 3.63) is 89.4 Å². The van der Waals surface area contributed by atoms with Crippen LogP contribution in [0.3, 0.4) is 0 Å². The van der Waals surface area contributed by atoms with Crippen LogP contribution in [0.25, 0.3) is 6.08 Å². The number of hydrogen-bond donors (Lipinski definition) is 1. The number of anilines is 1. The maximum absolute atomic E-state index is 13.3. The third kappa shape index (κ3) is 6.07. The zero-order chi connectivity index (χ0) is 26.7. The van der Waals surface area contributed by atoms with E-state index < -0.39 is 17.8 Å². The van der Waals surface area contributed by atoms with E-state index in [-0.39, 0.29) is 5.57 Å². The maximum atomic E-state index is 13.3. The van der Waals surface area contributed by atoms with Crippen molar-refractivity contribution in [3.8, 4) is 11.5 Å². The second kappa shape index (κ2) is 11.8. The molecule has 0 unspecified atom stereocenters. The number of barbiturate groups is 1. The van der Waals surface area contributed by atoms with Crippen molar-refractivity contribution < 1.29 is 23.9 Å². The van der Waals surface area contributed by atoms with Gasteiger partial charge in [-0.05, 0) is 90.0 Å². The molecule has 7 nitrogen and oxygen atoms in total. The van der Waals surface area contributed by atoms with Crippen LogP contribution in [0.5, 0.6) is 11.5 Å². The van der Waals surface area contributed by atoms with E-state index in [9.17, 15) is 14.4 Å². The van der Waals surface area contributed by atoms with Crippen molar-refractivity contribution in [2.24, 2.45) is 0 Å². The molecule has 3 aromatic carbocycles. The van der Waals surface area contributed by atoms with Crippen LogP contribution in [0.4, 0.5) is 10.5 Å². The van der Waals surface area contributed by atoms with Gasteiger partial charge in [0.05, 0.1) is 15.9 Å². The van der Waals surface area contributed by atoms with Gasteiger partial charge in [-0.1, -0.05) is 50.1 Å². The molecule has 0 bridgehead atoms. The molecule has 190 valence electrons. The molecule has 0 radical (unpaired) electrons. The van der Waals surface area contributed by atoms with Crippen molar-refractivity contribution in [1.82, 2.24) is 5.32 Å². The summed E-state index contributed by atoms with van der Waals surface area (Å²) < 4.78 is 14.4. The fraction of sp³-hybridized carbons (Fsp3) is 0.148. The number of imide groups is 2. The lowest BCUT2D eigenvalue weighted by Crippen LogP contribution is -2.54. The summed E-state index contributed by atoms with van der Waals surface area (Å²) >= 11 is 9.04. The maximum Gasteiger partial charge on any atom is 0.335 e. The molecule has 1 fully saturated rings. The molecule has 0 atom stereocenters. The van der Waals surface area contributed by atoms with Crippen LogP contribution in [0.15, 0.2) is 69.1 Å². The summed E-state index contributed by atoms with van der Waals surface area (Å²) in [6.45, 7) is 4.36. The molecule has 10 heteroatoms. The summed E-state index contributed by atoms with van der Waals surface area (Å²) in [5, 5.41) is 2.26. The minimum atomic E-state index is -0.794. The minimum absolute atomic E-state index is 0.165. The van der Waals surface area contributed by atoms with Gasteiger partial charge in [-0.3, -0.25) is 14.9 Å². The van der Waals surface area contributed by atoms with E-state index in [1.54, 1.807) is 37.3 Å². The predicted molar refractivity (Wildman–Crippen MR) is 157 cm³/mol. The Labute approximate surface area is 244 Å². The SMILES string of the molecule is CCOc1cc(/C=C2/C(=O)NC(=O)N(c3ccc(Br)cc3C)C2=O)cc(I)c1OCc1ccccc1Br. The molecule has 4 rings (SSSR count). The number of amides is 4. The van der Waals surface area contributed by atoms with E-state index >= 15 is 0 Å². The van der Waals surface area contributed by atoms with Crippen molar-refractivity contribution in [2.75, 3.05) is 11.5 Å². The van der Waals surface area contributed by atoms with Crippen molar-refractivity contribution in [3.63, 3.8) is 0 Å². The first-order valence-corrected chi connectivity index (χ1v) is 13.9. The molecular formula is C27H21Br2IN2O5. The highest BCUT2D eigenvalue weighted by atomic mass is 127. The highest BCUT2D eigenvalue weighted by Gasteiger charge is 2.37. The molecule has 1 heterocycles. The van der Waals surface area contributed by atoms with Crippen LogP contribution in [0.2, 0.25) is 0 Å². The van der Waals surface area contributed by atoms with E-state index in [4.69, 9.17) is 9.47 Å². The van der Waals surface area contributed by atoms with E-state index in [2.05, 4.69) is 59.8 Å². The zero-order valence-electron chi connectivity index (χ0n) is 19.8. The van der Waals surface area contributed by atoms with Gasteiger partial charge in [0.15, 0.2) is 11.5 Å². The number of benzene rings is 3. The second-order valence-corrected chi connectivity index (χ2v) is 11.0. The third-order valence-corrected chi connectivity index (χ3v) is 7.54. The van der Waals surface area contributed by atoms with Gasteiger partial charge in [-0.25, -0.2) is 9.69 Å². The van der Waals surface area contributed by atoms with Crippen LogP contribution >= 0.6 is 54.5 Å². The normalized spacial score (nSPS) is 14.7. The molecule has 1 aliphatic heterocycles. The first kappa shape index (κ1) is 27.3. The number of aryl methyl sites for hydroxylation is 1. The van der Waals surface area contributed by atoms with Gasteiger partial charge < -0.3 is 9.47 Å². The van der Waals surface area contributed by atoms with Crippen LogP contribution < -0.4 is 19.7 Å². The minimum Gasteiger partial charge on any atom is -0.490 e. The predicted octanol–water partition coefficient (Wildman–Crippen LogP) is 6.77. The van der Waals surface area contributed by atoms with Crippen LogP contribution in [-0.4, -0.2) is 24.5 Å². The fourth-order valence-corrected chi connectivity index (χ4v) is 5.41. The molecule has 4 amide bonds. The number of hydrogen-bond acceptors (Lipinski definition) is 5. The van der Waals surface area contributed by atoms with Gasteiger partial charge in [0, 0.05) is 14.5 Å². The highest BCUT2D eigenvalue weighted by Crippen LogP contribution is 2.36. The summed E-state index contributed by atoms with van der Waals surface area (Å²) in [4.78, 5) is 39.6. The van der Waals surface area contributed by atoms with Gasteiger partial charge in [-0.2, -0.15) is 0 Å². The van der Waals surface area contributed by atoms with E-state index in [0.717, 1.165) is 23.0 Å². The Morgan fingerprint density at radius 1 is 1.03 bits per heavy atom. The van der Waals surface area contributed by atoms with Gasteiger partial charge in [-0.15, -0.1) is 0 Å². The Hall–Kier alpha value is -2.70. The number of rotatable bonds is 7. The number of halogens is 3. The monoisotopic (exact) mass is 738 g/mol. The summed E-state index contributed by atoms with van der Waals surface area (Å²) in [6.07, 6.45) is 1.45. The molecule has 1 N–H and O–H groups in total. The van der Waals surface area contributed by atoms with Crippen LogP contribution in [0.1, 0.15) is 23.6 Å². The van der Waals surface area contributed by atoms with Crippen LogP contribution in [-0.2, 0) is 16.2 Å². The molecule has 3 aromatic rings. The fourth-order valence-electron chi connectivity index (χ4n) is 3.75. The third-order valence-electron chi connectivity index (χ3n) is 5.47. The summed E-state index contributed by atoms with van der Waals surface area (Å²) in [6, 6.07) is 15.6. The number of urea groups is 1. The molecule has 0 aliphatic carbocycles. The summed E-state index contributed by atoms with van der Waals surface area (Å²) in [5.41, 5.74) is 2.46. The van der Waals surface area contributed by atoms with E-state index in [1.165, 1.54) is 6.08 Å². The first-order chi connectivity index (χ1) is 17.7. The van der Waals surface area contributed by atoms with Gasteiger partial charge in [0.1, 0.15) is 12.2 Å². The van der Waals surface area contributed by atoms with Gasteiger partial charge in [0.25, 0.3) is 11.8 Å². The number of carbonyl (C=O) groups excluding carboxylic acids is 3. The summed E-state index contributed by atoms with van der Waals surface area (Å²) in [7, 11) is 0. The van der Waals surface area contributed by atoms with E-state index in [0.29, 0.717) is 41.5 Å². The van der Waals surface area contributed by atoms with Crippen molar-refractivity contribution in [2.45, 2.75) is 20.5 Å². The van der Waals surface area contributed by atoms with E-state index in [1.807, 2.05) is 31.2 Å². The molecule has 37 heavy (non-hydrogen) atoms. The standard InChI is InChI=1S/C27H21Br2IN2O5/c1-3-36-23-13-16(12-21(30)24(23)37-14-17-6-4-5-7-20(17)29)11-19-25(33)31-27(35)32(26(19)34)22-9-8-18(28)10-15(22)2/h4-13H,3,14H2,1-2H3,(H,31,33,35)/b19-11-. The molecule has 0 aromatic heterocycles. The zero-order valence-corrected chi connectivity index (χ0v) is 25.1. The quantitative estimate of drug-likeness (QED) is 0.164. The average molecular weight is 740 g/mol. The largest absolute Gasteiger partial charge is 0.490 e. The lowest BCUT2D eigenvalue weighted by atomic mass is 10.1. The Balaban J connectivity index is 1.68. The number of carbonyl (C=O) groups is 3. The topological polar surface area (TPSA) is 84.9 Å². The second-order valence-electron chi connectivity index (χ2n) is 8.03. The highest BCUT2D eigenvalue weighted by molar-refractivity contribution is 14.1. The first-order valence-electron chi connectivity index (χ1n) is 11.2. The average Bonchev–Trinajstić information content (AvgIpc) is 2.83. The molecule has 0 saturated carbocycles. The van der Waals surface area contributed by atoms with Gasteiger partial charge in [0.2, 0.25) is 0 Å². The Morgan fingerprint density at radius 3 is 2.49 bits per heavy atom. The van der Waals surface area contributed by atoms with Crippen LogP contribution in [0, 0.1) is 10.5 Å². The smallest absolute Gasteiger partial charge is 0.335 e. The molecule has 0 spiro atoms. The lowest BCUT2D eigenvalue weighted by molar-refractivity contribution is -0.122. The Morgan fingerprint density at radius 2 is 1.78 bits per heavy atom. The lowest BCUT2D eigenvalue weighted by Gasteiger charge is -2.27. The Bertz CT molecular complexity index is 1440. The number of nitrogens with zero attached hydrogens (tertiary/aromatic N) is 1. The van der Waals surface area contributed by atoms with Crippen molar-refractivity contribution in [1.29, 1.82) is 0 Å². The molecular weight excluding hydrogens is 719 g/mol. The Kier molecular flexibility index (Phi) is 8.71. The number of nitrogens with one attached hydrogen (secondary N) is 1. The number of ether oxygens (including phenoxy) is 2. The van der Waals surface area contributed by atoms with Crippen molar-refractivity contribution >= 4 is 84.1 Å². The summed E-state index contributed by atoms with van der Waals surface area (Å²) in [5.74, 6) is -0.430. The molecule has 1 aliphatic rings. The molecule has 1 saturated heterocycles. The van der Waals surface area contributed by atoms with Gasteiger partial charge >= 0.3 is 6.03 Å².